The molecule has 2 rings (SSSR count). The Morgan fingerprint density at radius 3 is 2.69 bits per heavy atom. The van der Waals surface area contributed by atoms with Crippen LogP contribution in [0.5, 0.6) is 0 Å². The van der Waals surface area contributed by atoms with Crippen molar-refractivity contribution in [3.63, 3.8) is 0 Å². The zero-order valence-electron chi connectivity index (χ0n) is 10.1. The van der Waals surface area contributed by atoms with E-state index in [4.69, 9.17) is 4.74 Å². The van der Waals surface area contributed by atoms with Crippen molar-refractivity contribution < 1.29 is 9.53 Å². The number of ether oxygens (including phenoxy) is 1. The number of nitrogens with zero attached hydrogens (tertiary/aromatic N) is 1. The van der Waals surface area contributed by atoms with Crippen LogP contribution >= 0.6 is 0 Å². The number of hydrogen-bond donors (Lipinski definition) is 1. The van der Waals surface area contributed by atoms with Crippen LogP contribution < -0.4 is 5.32 Å². The molecule has 4 nitrogen and oxygen atoms in total. The Hall–Kier alpha value is -0.610. The normalized spacial score (nSPS) is 20.6. The van der Waals surface area contributed by atoms with Gasteiger partial charge in [-0.1, -0.05) is 0 Å². The highest BCUT2D eigenvalue weighted by atomic mass is 16.5. The van der Waals surface area contributed by atoms with E-state index >= 15 is 0 Å². The molecule has 0 atom stereocenters. The minimum absolute atomic E-state index is 0.251. The van der Waals surface area contributed by atoms with Gasteiger partial charge in [0.25, 0.3) is 0 Å². The summed E-state index contributed by atoms with van der Waals surface area (Å²) in [5.41, 5.74) is 0. The summed E-state index contributed by atoms with van der Waals surface area (Å²) in [6, 6.07) is 0. The predicted octanol–water partition coefficient (Wildman–Crippen LogP) is 0.481. The Morgan fingerprint density at radius 2 is 2.12 bits per heavy atom. The zero-order chi connectivity index (χ0) is 11.4. The molecule has 0 aromatic rings. The van der Waals surface area contributed by atoms with Crippen molar-refractivity contribution in [1.29, 1.82) is 0 Å². The van der Waals surface area contributed by atoms with Gasteiger partial charge in [-0.15, -0.1) is 0 Å². The largest absolute Gasteiger partial charge is 0.379 e. The molecular formula is C12H22N2O2. The molecule has 1 N–H and O–H groups in total. The molecule has 1 saturated heterocycles. The van der Waals surface area contributed by atoms with Gasteiger partial charge in [0.1, 0.15) is 0 Å². The van der Waals surface area contributed by atoms with Gasteiger partial charge in [-0.05, 0) is 37.8 Å². The molecule has 1 aliphatic carbocycles. The molecule has 2 aliphatic rings. The van der Waals surface area contributed by atoms with Gasteiger partial charge in [0, 0.05) is 26.6 Å². The zero-order valence-corrected chi connectivity index (χ0v) is 10.1. The average Bonchev–Trinajstić information content (AvgIpc) is 3.01. The van der Waals surface area contributed by atoms with Gasteiger partial charge < -0.3 is 15.0 Å². The predicted molar refractivity (Wildman–Crippen MR) is 62.2 cm³/mol. The number of carbonyl (C=O) groups excluding carboxylic acids is 1. The number of likely N-dealkylation sites (N-methyl/N-ethyl adjacent to an activating group) is 1. The van der Waals surface area contributed by atoms with Crippen molar-refractivity contribution >= 4 is 5.91 Å². The van der Waals surface area contributed by atoms with Gasteiger partial charge in [-0.3, -0.25) is 4.79 Å². The van der Waals surface area contributed by atoms with Crippen LogP contribution in [0, 0.1) is 11.8 Å². The van der Waals surface area contributed by atoms with E-state index in [-0.39, 0.29) is 5.91 Å². The molecule has 1 aliphatic heterocycles. The lowest BCUT2D eigenvalue weighted by Crippen LogP contribution is -2.45. The summed E-state index contributed by atoms with van der Waals surface area (Å²) in [4.78, 5) is 13.5. The third kappa shape index (κ3) is 3.76. The van der Waals surface area contributed by atoms with Crippen molar-refractivity contribution in [2.45, 2.75) is 19.3 Å². The van der Waals surface area contributed by atoms with Gasteiger partial charge >= 0.3 is 0 Å². The van der Waals surface area contributed by atoms with E-state index in [2.05, 4.69) is 5.32 Å². The third-order valence-corrected chi connectivity index (χ3v) is 3.38. The van der Waals surface area contributed by atoms with E-state index in [1.54, 1.807) is 4.90 Å². The van der Waals surface area contributed by atoms with Crippen molar-refractivity contribution in [2.75, 3.05) is 39.9 Å². The van der Waals surface area contributed by atoms with Crippen LogP contribution in [0.3, 0.4) is 0 Å². The van der Waals surface area contributed by atoms with Crippen LogP contribution in [0.25, 0.3) is 0 Å². The number of hydrogen-bond acceptors (Lipinski definition) is 3. The highest BCUT2D eigenvalue weighted by Gasteiger charge is 2.23. The first kappa shape index (κ1) is 11.9. The maximum atomic E-state index is 11.7. The molecule has 92 valence electrons. The van der Waals surface area contributed by atoms with E-state index in [9.17, 15) is 4.79 Å². The lowest BCUT2D eigenvalue weighted by molar-refractivity contribution is -0.132. The van der Waals surface area contributed by atoms with Crippen LogP contribution in [-0.4, -0.2) is 50.7 Å². The topological polar surface area (TPSA) is 41.6 Å². The van der Waals surface area contributed by atoms with Crippen molar-refractivity contribution in [2.24, 2.45) is 11.8 Å². The molecule has 0 bridgehead atoms. The lowest BCUT2D eigenvalue weighted by atomic mass is 9.99. The van der Waals surface area contributed by atoms with Crippen molar-refractivity contribution in [1.82, 2.24) is 10.2 Å². The van der Waals surface area contributed by atoms with Gasteiger partial charge in [0.05, 0.1) is 6.61 Å². The standard InChI is InChI=1S/C12H22N2O2/c1-14(4-5-16-9-10-2-3-10)12(15)6-11-7-13-8-11/h10-11,13H,2-9H2,1H3. The van der Waals surface area contributed by atoms with Gasteiger partial charge in [0.15, 0.2) is 0 Å². The monoisotopic (exact) mass is 226 g/mol. The maximum absolute atomic E-state index is 11.7. The highest BCUT2D eigenvalue weighted by molar-refractivity contribution is 5.76. The molecule has 16 heavy (non-hydrogen) atoms. The minimum atomic E-state index is 0.251. The van der Waals surface area contributed by atoms with Gasteiger partial charge in [-0.2, -0.15) is 0 Å². The fourth-order valence-electron chi connectivity index (χ4n) is 1.76. The first-order chi connectivity index (χ1) is 7.75. The maximum Gasteiger partial charge on any atom is 0.222 e. The molecule has 2 fully saturated rings. The number of amides is 1. The molecular weight excluding hydrogens is 204 g/mol. The van der Waals surface area contributed by atoms with Crippen LogP contribution in [0.1, 0.15) is 19.3 Å². The van der Waals surface area contributed by atoms with E-state index in [0.29, 0.717) is 18.9 Å². The quantitative estimate of drug-likeness (QED) is 0.642. The van der Waals surface area contributed by atoms with Crippen LogP contribution in [0.15, 0.2) is 0 Å². The summed E-state index contributed by atoms with van der Waals surface area (Å²) in [6.07, 6.45) is 3.33. The summed E-state index contributed by atoms with van der Waals surface area (Å²) in [6.45, 7) is 4.29. The summed E-state index contributed by atoms with van der Waals surface area (Å²) in [7, 11) is 1.87. The summed E-state index contributed by atoms with van der Waals surface area (Å²) >= 11 is 0. The van der Waals surface area contributed by atoms with E-state index < -0.39 is 0 Å². The molecule has 4 heteroatoms. The molecule has 0 radical (unpaired) electrons. The van der Waals surface area contributed by atoms with Crippen molar-refractivity contribution in [3.8, 4) is 0 Å². The first-order valence-corrected chi connectivity index (χ1v) is 6.28. The second-order valence-electron chi connectivity index (χ2n) is 5.06. The van der Waals surface area contributed by atoms with E-state index in [1.807, 2.05) is 7.05 Å². The number of nitrogens with one attached hydrogen (secondary N) is 1. The first-order valence-electron chi connectivity index (χ1n) is 6.28. The molecule has 1 saturated carbocycles. The molecule has 0 aromatic carbocycles. The van der Waals surface area contributed by atoms with Crippen LogP contribution in [0.4, 0.5) is 0 Å². The Labute approximate surface area is 97.3 Å². The second kappa shape index (κ2) is 5.64. The van der Waals surface area contributed by atoms with E-state index in [1.165, 1.54) is 12.8 Å². The SMILES string of the molecule is CN(CCOCC1CC1)C(=O)CC1CNC1. The van der Waals surface area contributed by atoms with Gasteiger partial charge in [0.2, 0.25) is 5.91 Å². The Bertz CT molecular complexity index is 237. The summed E-state index contributed by atoms with van der Waals surface area (Å²) < 4.78 is 5.52. The Balaban J connectivity index is 1.50. The number of carbonyl (C=O) groups is 1. The van der Waals surface area contributed by atoms with Crippen molar-refractivity contribution in [3.05, 3.63) is 0 Å². The van der Waals surface area contributed by atoms with E-state index in [0.717, 1.165) is 32.2 Å². The van der Waals surface area contributed by atoms with Gasteiger partial charge in [-0.25, -0.2) is 0 Å². The average molecular weight is 226 g/mol. The molecule has 0 spiro atoms. The molecule has 0 unspecified atom stereocenters. The second-order valence-corrected chi connectivity index (χ2v) is 5.06. The summed E-state index contributed by atoms with van der Waals surface area (Å²) in [5.74, 6) is 1.62. The van der Waals surface area contributed by atoms with Crippen LogP contribution in [-0.2, 0) is 9.53 Å². The highest BCUT2D eigenvalue weighted by Crippen LogP contribution is 2.28. The Morgan fingerprint density at radius 1 is 1.38 bits per heavy atom. The fourth-order valence-corrected chi connectivity index (χ4v) is 1.76. The Kier molecular flexibility index (Phi) is 4.18. The molecule has 1 amide bonds. The third-order valence-electron chi connectivity index (χ3n) is 3.38. The smallest absolute Gasteiger partial charge is 0.222 e. The fraction of sp³-hybridized carbons (Fsp3) is 0.917. The molecule has 1 heterocycles. The minimum Gasteiger partial charge on any atom is -0.379 e. The summed E-state index contributed by atoms with van der Waals surface area (Å²) in [5, 5.41) is 3.18. The van der Waals surface area contributed by atoms with Crippen LogP contribution in [0.2, 0.25) is 0 Å². The lowest BCUT2D eigenvalue weighted by Gasteiger charge is -2.28. The molecule has 0 aromatic heterocycles. The number of rotatable bonds is 7.